The van der Waals surface area contributed by atoms with Crippen LogP contribution in [0.5, 0.6) is 5.75 Å². The molecule has 2 amide bonds. The van der Waals surface area contributed by atoms with Crippen molar-refractivity contribution >= 4 is 11.8 Å². The molecule has 3 rings (SSSR count). The topological polar surface area (TPSA) is 70.7 Å². The van der Waals surface area contributed by atoms with Gasteiger partial charge in [-0.25, -0.2) is 0 Å². The lowest BCUT2D eigenvalue weighted by molar-refractivity contribution is -0.123. The van der Waals surface area contributed by atoms with Crippen molar-refractivity contribution in [3.63, 3.8) is 0 Å². The summed E-state index contributed by atoms with van der Waals surface area (Å²) in [5.74, 6) is 0.0865. The normalized spacial score (nSPS) is 16.5. The zero-order valence-electron chi connectivity index (χ0n) is 15.0. The monoisotopic (exact) mass is 353 g/mol. The molecule has 0 fully saturated rings. The highest BCUT2D eigenvalue weighted by atomic mass is 16.5. The Labute approximate surface area is 153 Å². The fraction of sp³-hybridized carbons (Fsp3) is 0.300. The van der Waals surface area contributed by atoms with E-state index in [0.29, 0.717) is 11.3 Å². The Hall–Kier alpha value is -2.86. The molecule has 0 bridgehead atoms. The van der Waals surface area contributed by atoms with Gasteiger partial charge in [-0.2, -0.15) is 0 Å². The Balaban J connectivity index is 1.58. The zero-order valence-corrected chi connectivity index (χ0v) is 15.0. The van der Waals surface area contributed by atoms with Gasteiger partial charge in [0.25, 0.3) is 5.91 Å². The van der Waals surface area contributed by atoms with Crippen molar-refractivity contribution in [2.45, 2.75) is 18.9 Å². The second kappa shape index (κ2) is 8.01. The summed E-state index contributed by atoms with van der Waals surface area (Å²) in [5, 5.41) is 0. The molecular weight excluding hydrogens is 330 g/mol. The highest BCUT2D eigenvalue weighted by Gasteiger charge is 2.26. The third kappa shape index (κ3) is 4.03. The molecule has 26 heavy (non-hydrogen) atoms. The first-order chi connectivity index (χ1) is 12.6. The lowest BCUT2D eigenvalue weighted by atomic mass is 9.91. The molecule has 2 N–H and O–H groups in total. The van der Waals surface area contributed by atoms with E-state index in [1.807, 2.05) is 19.2 Å². The van der Waals surface area contributed by atoms with Gasteiger partial charge in [-0.1, -0.05) is 24.3 Å². The minimum absolute atomic E-state index is 0.0119. The van der Waals surface area contributed by atoms with Crippen LogP contribution in [-0.2, 0) is 11.2 Å². The summed E-state index contributed by atoms with van der Waals surface area (Å²) >= 11 is 0. The average Bonchev–Trinajstić information content (AvgIpc) is 2.68. The third-order valence-corrected chi connectivity index (χ3v) is 4.73. The zero-order chi connectivity index (χ0) is 18.5. The van der Waals surface area contributed by atoms with Crippen molar-refractivity contribution in [2.75, 3.05) is 20.7 Å². The molecule has 6 nitrogen and oxygen atoms in total. The summed E-state index contributed by atoms with van der Waals surface area (Å²) < 4.78 is 5.06. The van der Waals surface area contributed by atoms with Crippen molar-refractivity contribution < 1.29 is 14.3 Å². The Morgan fingerprint density at radius 1 is 1.12 bits per heavy atom. The van der Waals surface area contributed by atoms with E-state index < -0.39 is 0 Å². The number of nitrogens with zero attached hydrogens (tertiary/aromatic N) is 1. The van der Waals surface area contributed by atoms with E-state index in [4.69, 9.17) is 4.74 Å². The van der Waals surface area contributed by atoms with Crippen LogP contribution in [0.2, 0.25) is 0 Å². The summed E-state index contributed by atoms with van der Waals surface area (Å²) in [4.78, 5) is 26.6. The van der Waals surface area contributed by atoms with Gasteiger partial charge in [0, 0.05) is 24.6 Å². The van der Waals surface area contributed by atoms with E-state index in [1.54, 1.807) is 31.4 Å². The van der Waals surface area contributed by atoms with Crippen LogP contribution >= 0.6 is 0 Å². The van der Waals surface area contributed by atoms with E-state index in [0.717, 1.165) is 13.0 Å². The molecule has 0 aliphatic carbocycles. The van der Waals surface area contributed by atoms with Gasteiger partial charge in [-0.05, 0) is 48.9 Å². The van der Waals surface area contributed by atoms with Gasteiger partial charge in [-0.15, -0.1) is 0 Å². The van der Waals surface area contributed by atoms with Crippen LogP contribution in [0.1, 0.15) is 33.9 Å². The first-order valence-corrected chi connectivity index (χ1v) is 8.60. The number of nitrogens with one attached hydrogen (secondary N) is 2. The van der Waals surface area contributed by atoms with Gasteiger partial charge in [0.2, 0.25) is 5.91 Å². The van der Waals surface area contributed by atoms with Crippen LogP contribution in [0.3, 0.4) is 0 Å². The number of methoxy groups -OCH3 is 1. The SMILES string of the molecule is COc1ccc(C(=O)NNC(=O)CC2c3ccccc3CCN2C)cc1. The van der Waals surface area contributed by atoms with Gasteiger partial charge in [0.15, 0.2) is 0 Å². The number of hydrogen-bond acceptors (Lipinski definition) is 4. The van der Waals surface area contributed by atoms with Crippen molar-refractivity contribution in [1.29, 1.82) is 0 Å². The number of carbonyl (C=O) groups excluding carboxylic acids is 2. The largest absolute Gasteiger partial charge is 0.497 e. The molecule has 1 aliphatic rings. The van der Waals surface area contributed by atoms with E-state index in [1.165, 1.54) is 11.1 Å². The summed E-state index contributed by atoms with van der Waals surface area (Å²) in [7, 11) is 3.58. The predicted octanol–water partition coefficient (Wildman–Crippen LogP) is 2.08. The molecule has 0 saturated heterocycles. The van der Waals surface area contributed by atoms with Crippen LogP contribution < -0.4 is 15.6 Å². The molecule has 0 aromatic heterocycles. The molecule has 6 heteroatoms. The Morgan fingerprint density at radius 2 is 1.85 bits per heavy atom. The van der Waals surface area contributed by atoms with E-state index in [9.17, 15) is 9.59 Å². The maximum absolute atomic E-state index is 12.3. The standard InChI is InChI=1S/C20H23N3O3/c1-23-12-11-14-5-3-4-6-17(14)18(23)13-19(24)21-22-20(25)15-7-9-16(26-2)10-8-15/h3-10,18H,11-13H2,1-2H3,(H,21,24)(H,22,25). The van der Waals surface area contributed by atoms with Crippen LogP contribution in [0.25, 0.3) is 0 Å². The fourth-order valence-corrected chi connectivity index (χ4v) is 3.21. The highest BCUT2D eigenvalue weighted by molar-refractivity contribution is 5.95. The lowest BCUT2D eigenvalue weighted by Gasteiger charge is -2.34. The molecule has 136 valence electrons. The number of carbonyl (C=O) groups is 2. The molecule has 1 unspecified atom stereocenters. The summed E-state index contributed by atoms with van der Waals surface area (Å²) in [5.41, 5.74) is 7.89. The Bertz CT molecular complexity index is 789. The van der Waals surface area contributed by atoms with Gasteiger partial charge in [0.05, 0.1) is 7.11 Å². The first kappa shape index (κ1) is 17.9. The quantitative estimate of drug-likeness (QED) is 0.826. The molecule has 0 radical (unpaired) electrons. The molecule has 0 saturated carbocycles. The van der Waals surface area contributed by atoms with Gasteiger partial charge < -0.3 is 4.74 Å². The molecule has 0 spiro atoms. The summed E-state index contributed by atoms with van der Waals surface area (Å²) in [6.07, 6.45) is 1.27. The number of amides is 2. The third-order valence-electron chi connectivity index (χ3n) is 4.73. The van der Waals surface area contributed by atoms with E-state index in [-0.39, 0.29) is 24.3 Å². The Kier molecular flexibility index (Phi) is 5.53. The number of hydrogen-bond donors (Lipinski definition) is 2. The second-order valence-corrected chi connectivity index (χ2v) is 6.38. The van der Waals surface area contributed by atoms with Crippen LogP contribution in [0, 0.1) is 0 Å². The molecule has 2 aromatic rings. The highest BCUT2D eigenvalue weighted by Crippen LogP contribution is 2.30. The van der Waals surface area contributed by atoms with Crippen molar-refractivity contribution in [3.8, 4) is 5.75 Å². The number of hydrazine groups is 1. The van der Waals surface area contributed by atoms with Crippen LogP contribution in [0.4, 0.5) is 0 Å². The van der Waals surface area contributed by atoms with Crippen molar-refractivity contribution in [2.24, 2.45) is 0 Å². The van der Waals surface area contributed by atoms with Gasteiger partial charge in [0.1, 0.15) is 5.75 Å². The smallest absolute Gasteiger partial charge is 0.269 e. The number of ether oxygens (including phenoxy) is 1. The maximum atomic E-state index is 12.3. The molecular formula is C20H23N3O3. The summed E-state index contributed by atoms with van der Waals surface area (Å²) in [6.45, 7) is 0.910. The second-order valence-electron chi connectivity index (χ2n) is 6.38. The fourth-order valence-electron chi connectivity index (χ4n) is 3.21. The van der Waals surface area contributed by atoms with Crippen LogP contribution in [0.15, 0.2) is 48.5 Å². The number of likely N-dealkylation sites (N-methyl/N-ethyl adjacent to an activating group) is 1. The van der Waals surface area contributed by atoms with Crippen LogP contribution in [-0.4, -0.2) is 37.4 Å². The first-order valence-electron chi connectivity index (χ1n) is 8.60. The predicted molar refractivity (Wildman–Crippen MR) is 98.7 cm³/mol. The van der Waals surface area contributed by atoms with Gasteiger partial charge >= 0.3 is 0 Å². The maximum Gasteiger partial charge on any atom is 0.269 e. The Morgan fingerprint density at radius 3 is 2.58 bits per heavy atom. The van der Waals surface area contributed by atoms with E-state index >= 15 is 0 Å². The minimum atomic E-state index is -0.363. The number of rotatable bonds is 4. The number of benzene rings is 2. The van der Waals surface area contributed by atoms with Crippen molar-refractivity contribution in [1.82, 2.24) is 15.8 Å². The minimum Gasteiger partial charge on any atom is -0.497 e. The molecule has 1 heterocycles. The average molecular weight is 353 g/mol. The molecule has 1 atom stereocenters. The van der Waals surface area contributed by atoms with Crippen molar-refractivity contribution in [3.05, 3.63) is 65.2 Å². The van der Waals surface area contributed by atoms with E-state index in [2.05, 4.69) is 27.9 Å². The lowest BCUT2D eigenvalue weighted by Crippen LogP contribution is -2.44. The summed E-state index contributed by atoms with van der Waals surface area (Å²) in [6, 6.07) is 14.9. The molecule has 1 aliphatic heterocycles. The van der Waals surface area contributed by atoms with Gasteiger partial charge in [-0.3, -0.25) is 25.3 Å². The number of fused-ring (bicyclic) bond motifs is 1. The molecule has 2 aromatic carbocycles.